The summed E-state index contributed by atoms with van der Waals surface area (Å²) in [5, 5.41) is 21.4. The predicted molar refractivity (Wildman–Crippen MR) is 98.0 cm³/mol. The van der Waals surface area contributed by atoms with E-state index in [0.717, 1.165) is 0 Å². The van der Waals surface area contributed by atoms with Gasteiger partial charge in [-0.1, -0.05) is 13.8 Å². The summed E-state index contributed by atoms with van der Waals surface area (Å²) < 4.78 is 0. The van der Waals surface area contributed by atoms with Gasteiger partial charge in [0.25, 0.3) is 0 Å². The third-order valence-corrected chi connectivity index (χ3v) is 5.01. The number of hydrogen-bond donors (Lipinski definition) is 3. The van der Waals surface area contributed by atoms with E-state index in [1.165, 1.54) is 0 Å². The summed E-state index contributed by atoms with van der Waals surface area (Å²) in [5.74, 6) is -1.99. The number of likely N-dealkylation sites (N-methyl/N-ethyl adjacent to an activating group) is 2. The maximum atomic E-state index is 12.5. The Morgan fingerprint density at radius 3 is 1.88 bits per heavy atom. The van der Waals surface area contributed by atoms with Crippen LogP contribution < -0.4 is 5.32 Å². The molecule has 1 aliphatic rings. The molecular weight excluding hydrogens is 338 g/mol. The Bertz CT molecular complexity index is 497. The number of carboxylic acids is 2. The number of carbonyl (C=O) groups excluding carboxylic acids is 1. The van der Waals surface area contributed by atoms with E-state index >= 15 is 0 Å². The highest BCUT2D eigenvalue weighted by Crippen LogP contribution is 2.31. The van der Waals surface area contributed by atoms with Crippen LogP contribution in [0.1, 0.15) is 47.0 Å². The summed E-state index contributed by atoms with van der Waals surface area (Å²) in [6, 6.07) is -0.176. The van der Waals surface area contributed by atoms with E-state index in [2.05, 4.69) is 5.32 Å². The van der Waals surface area contributed by atoms with Crippen molar-refractivity contribution in [1.29, 1.82) is 0 Å². The molecule has 0 spiro atoms. The number of nitrogens with one attached hydrogen (secondary N) is 1. The standard InChI is InChI=1S/C18H33N3O5/c1-5-20(10-16(22)23)14-8-7-13(18(26)19-12(3)4)9-15(14)21(6-2)11-17(24)25/h12-15H,5-11H2,1-4H3,(H,19,26)(H,22,23)(H,24,25). The Morgan fingerprint density at radius 2 is 1.46 bits per heavy atom. The number of rotatable bonds is 10. The van der Waals surface area contributed by atoms with Gasteiger partial charge in [-0.15, -0.1) is 0 Å². The maximum absolute atomic E-state index is 12.5. The Kier molecular flexibility index (Phi) is 9.01. The lowest BCUT2D eigenvalue weighted by atomic mass is 9.80. The maximum Gasteiger partial charge on any atom is 0.317 e. The van der Waals surface area contributed by atoms with E-state index in [4.69, 9.17) is 0 Å². The van der Waals surface area contributed by atoms with Crippen LogP contribution in [-0.4, -0.2) is 82.2 Å². The van der Waals surface area contributed by atoms with E-state index in [-0.39, 0.29) is 43.0 Å². The van der Waals surface area contributed by atoms with Crippen molar-refractivity contribution < 1.29 is 24.6 Å². The van der Waals surface area contributed by atoms with Crippen molar-refractivity contribution in [2.75, 3.05) is 26.2 Å². The molecule has 0 aromatic heterocycles. The largest absolute Gasteiger partial charge is 0.480 e. The molecule has 0 saturated heterocycles. The highest BCUT2D eigenvalue weighted by Gasteiger charge is 2.40. The van der Waals surface area contributed by atoms with Gasteiger partial charge in [0, 0.05) is 24.0 Å². The van der Waals surface area contributed by atoms with Gasteiger partial charge in [0.1, 0.15) is 0 Å². The van der Waals surface area contributed by atoms with Crippen LogP contribution >= 0.6 is 0 Å². The van der Waals surface area contributed by atoms with Crippen molar-refractivity contribution >= 4 is 17.8 Å². The Hall–Kier alpha value is -1.67. The summed E-state index contributed by atoms with van der Waals surface area (Å²) >= 11 is 0. The van der Waals surface area contributed by atoms with Gasteiger partial charge in [-0.2, -0.15) is 0 Å². The lowest BCUT2D eigenvalue weighted by Crippen LogP contribution is -2.57. The fourth-order valence-corrected chi connectivity index (χ4v) is 3.86. The summed E-state index contributed by atoms with van der Waals surface area (Å²) in [4.78, 5) is 38.7. The van der Waals surface area contributed by atoms with Crippen molar-refractivity contribution in [2.45, 2.75) is 65.1 Å². The van der Waals surface area contributed by atoms with Gasteiger partial charge in [0.2, 0.25) is 5.91 Å². The van der Waals surface area contributed by atoms with Crippen LogP contribution in [0, 0.1) is 5.92 Å². The second-order valence-corrected chi connectivity index (χ2v) is 7.22. The number of carbonyl (C=O) groups is 3. The molecule has 1 amide bonds. The summed E-state index contributed by atoms with van der Waals surface area (Å²) in [6.45, 7) is 8.55. The minimum Gasteiger partial charge on any atom is -0.480 e. The van der Waals surface area contributed by atoms with Gasteiger partial charge in [-0.3, -0.25) is 24.2 Å². The highest BCUT2D eigenvalue weighted by molar-refractivity contribution is 5.79. The van der Waals surface area contributed by atoms with Crippen LogP contribution in [0.15, 0.2) is 0 Å². The molecule has 0 bridgehead atoms. The van der Waals surface area contributed by atoms with Gasteiger partial charge >= 0.3 is 11.9 Å². The normalized spacial score (nSPS) is 23.4. The molecule has 3 atom stereocenters. The molecule has 150 valence electrons. The molecule has 0 aliphatic heterocycles. The predicted octanol–water partition coefficient (Wildman–Crippen LogP) is 0.861. The first-order chi connectivity index (χ1) is 12.2. The summed E-state index contributed by atoms with van der Waals surface area (Å²) in [6.07, 6.45) is 1.90. The van der Waals surface area contributed by atoms with Crippen molar-refractivity contribution in [3.63, 3.8) is 0 Å². The fourth-order valence-electron chi connectivity index (χ4n) is 3.86. The van der Waals surface area contributed by atoms with Crippen LogP contribution in [0.3, 0.4) is 0 Å². The van der Waals surface area contributed by atoms with E-state index in [0.29, 0.717) is 32.4 Å². The van der Waals surface area contributed by atoms with Crippen LogP contribution in [0.2, 0.25) is 0 Å². The lowest BCUT2D eigenvalue weighted by Gasteiger charge is -2.45. The van der Waals surface area contributed by atoms with Crippen molar-refractivity contribution in [1.82, 2.24) is 15.1 Å². The molecule has 1 fully saturated rings. The van der Waals surface area contributed by atoms with Crippen molar-refractivity contribution in [2.24, 2.45) is 5.92 Å². The first kappa shape index (κ1) is 22.4. The molecule has 1 aliphatic carbocycles. The second-order valence-electron chi connectivity index (χ2n) is 7.22. The molecule has 0 heterocycles. The summed E-state index contributed by atoms with van der Waals surface area (Å²) in [5.41, 5.74) is 0. The molecule has 3 unspecified atom stereocenters. The minimum absolute atomic E-state index is 0.00360. The molecule has 1 saturated carbocycles. The first-order valence-corrected chi connectivity index (χ1v) is 9.41. The smallest absolute Gasteiger partial charge is 0.317 e. The third-order valence-electron chi connectivity index (χ3n) is 5.01. The quantitative estimate of drug-likeness (QED) is 0.522. The Balaban J connectivity index is 3.03. The lowest BCUT2D eigenvalue weighted by molar-refractivity contribution is -0.143. The van der Waals surface area contributed by atoms with Gasteiger partial charge in [0.15, 0.2) is 0 Å². The van der Waals surface area contributed by atoms with E-state index in [1.807, 2.05) is 37.5 Å². The average Bonchev–Trinajstić information content (AvgIpc) is 2.56. The zero-order valence-corrected chi connectivity index (χ0v) is 16.3. The van der Waals surface area contributed by atoms with E-state index in [9.17, 15) is 24.6 Å². The number of aliphatic carboxylic acids is 2. The molecular formula is C18H33N3O5. The summed E-state index contributed by atoms with van der Waals surface area (Å²) in [7, 11) is 0. The molecule has 3 N–H and O–H groups in total. The van der Waals surface area contributed by atoms with Gasteiger partial charge in [0.05, 0.1) is 13.1 Å². The van der Waals surface area contributed by atoms with Crippen molar-refractivity contribution in [3.8, 4) is 0 Å². The van der Waals surface area contributed by atoms with Crippen molar-refractivity contribution in [3.05, 3.63) is 0 Å². The Labute approximate surface area is 155 Å². The van der Waals surface area contributed by atoms with Gasteiger partial charge < -0.3 is 15.5 Å². The number of amides is 1. The van der Waals surface area contributed by atoms with Crippen LogP contribution in [-0.2, 0) is 14.4 Å². The second kappa shape index (κ2) is 10.5. The van der Waals surface area contributed by atoms with E-state index in [1.54, 1.807) is 0 Å². The third kappa shape index (κ3) is 6.57. The fraction of sp³-hybridized carbons (Fsp3) is 0.833. The Morgan fingerprint density at radius 1 is 0.962 bits per heavy atom. The zero-order chi connectivity index (χ0) is 19.9. The minimum atomic E-state index is -0.916. The number of hydrogen-bond acceptors (Lipinski definition) is 5. The molecule has 0 radical (unpaired) electrons. The molecule has 0 aromatic rings. The molecule has 0 aromatic carbocycles. The van der Waals surface area contributed by atoms with Crippen LogP contribution in [0.5, 0.6) is 0 Å². The first-order valence-electron chi connectivity index (χ1n) is 9.41. The highest BCUT2D eigenvalue weighted by atomic mass is 16.4. The van der Waals surface area contributed by atoms with Crippen LogP contribution in [0.4, 0.5) is 0 Å². The van der Waals surface area contributed by atoms with Crippen LogP contribution in [0.25, 0.3) is 0 Å². The number of nitrogens with zero attached hydrogens (tertiary/aromatic N) is 2. The van der Waals surface area contributed by atoms with Gasteiger partial charge in [-0.05, 0) is 46.2 Å². The topological polar surface area (TPSA) is 110 Å². The average molecular weight is 371 g/mol. The van der Waals surface area contributed by atoms with Gasteiger partial charge in [-0.25, -0.2) is 0 Å². The SMILES string of the molecule is CCN(CC(=O)O)C1CCC(C(=O)NC(C)C)CC1N(CC)CC(=O)O. The van der Waals surface area contributed by atoms with E-state index < -0.39 is 11.9 Å². The molecule has 1 rings (SSSR count). The number of carboxylic acid groups (broad SMARTS) is 2. The zero-order valence-electron chi connectivity index (χ0n) is 16.3. The molecule has 8 nitrogen and oxygen atoms in total. The molecule has 8 heteroatoms. The monoisotopic (exact) mass is 371 g/mol. The molecule has 26 heavy (non-hydrogen) atoms.